The quantitative estimate of drug-likeness (QED) is 0.721. The van der Waals surface area contributed by atoms with Gasteiger partial charge in [0.1, 0.15) is 0 Å². The predicted molar refractivity (Wildman–Crippen MR) is 55.4 cm³/mol. The van der Waals surface area contributed by atoms with E-state index in [1.807, 2.05) is 0 Å². The van der Waals surface area contributed by atoms with Crippen LogP contribution in [0.2, 0.25) is 0 Å². The highest BCUT2D eigenvalue weighted by Crippen LogP contribution is 2.23. The van der Waals surface area contributed by atoms with E-state index in [0.29, 0.717) is 5.41 Å². The molecule has 2 aliphatic rings. The van der Waals surface area contributed by atoms with Gasteiger partial charge in [0.05, 0.1) is 6.54 Å². The average molecular weight is 202 g/mol. The third-order valence-electron chi connectivity index (χ3n) is 2.96. The minimum absolute atomic E-state index is 0.299. The van der Waals surface area contributed by atoms with E-state index in [-0.39, 0.29) is 0 Å². The fourth-order valence-corrected chi connectivity index (χ4v) is 4.14. The van der Waals surface area contributed by atoms with Crippen LogP contribution >= 0.6 is 0 Å². The molecule has 0 aromatic heterocycles. The molecule has 2 fully saturated rings. The molecule has 2 saturated heterocycles. The lowest BCUT2D eigenvalue weighted by Gasteiger charge is -2.37. The normalized spacial score (nSPS) is 29.6. The first-order chi connectivity index (χ1) is 6.12. The van der Waals surface area contributed by atoms with E-state index < -0.39 is 9.73 Å². The van der Waals surface area contributed by atoms with Crippen molar-refractivity contribution in [3.63, 3.8) is 0 Å². The van der Waals surface area contributed by atoms with Crippen LogP contribution in [0.25, 0.3) is 0 Å². The summed E-state index contributed by atoms with van der Waals surface area (Å²) in [4.78, 5) is 0. The highest BCUT2D eigenvalue weighted by Gasteiger charge is 2.32. The lowest BCUT2D eigenvalue weighted by molar-refractivity contribution is 0.209. The summed E-state index contributed by atoms with van der Waals surface area (Å²) in [6, 6.07) is 0. The van der Waals surface area contributed by atoms with Crippen LogP contribution in [0.3, 0.4) is 0 Å². The topological polar surface area (TPSA) is 41.5 Å². The summed E-state index contributed by atoms with van der Waals surface area (Å²) in [7, 11) is -1.77. The predicted octanol–water partition coefficient (Wildman–Crippen LogP) is 0.858. The van der Waals surface area contributed by atoms with E-state index in [1.165, 1.54) is 0 Å². The molecule has 0 saturated carbocycles. The average Bonchev–Trinajstić information content (AvgIpc) is 2.46. The van der Waals surface area contributed by atoms with Gasteiger partial charge in [0.15, 0.2) is 0 Å². The monoisotopic (exact) mass is 202 g/mol. The van der Waals surface area contributed by atoms with Crippen LogP contribution in [0.1, 0.15) is 19.8 Å². The zero-order valence-corrected chi connectivity index (χ0v) is 9.03. The van der Waals surface area contributed by atoms with Crippen molar-refractivity contribution in [2.75, 3.05) is 31.1 Å². The molecule has 0 radical (unpaired) electrons. The first kappa shape index (κ1) is 9.46. The van der Waals surface area contributed by atoms with Gasteiger partial charge in [-0.1, -0.05) is 6.92 Å². The molecule has 0 aromatic rings. The second kappa shape index (κ2) is 3.24. The Morgan fingerprint density at radius 3 is 2.46 bits per heavy atom. The van der Waals surface area contributed by atoms with Gasteiger partial charge in [-0.25, -0.2) is 8.57 Å². The summed E-state index contributed by atoms with van der Waals surface area (Å²) in [6.45, 7) is 5.07. The Morgan fingerprint density at radius 1 is 1.38 bits per heavy atom. The summed E-state index contributed by atoms with van der Waals surface area (Å²) in [5.74, 6) is 1.69. The number of hydrogen-bond donors (Lipinski definition) is 1. The molecule has 0 unspecified atom stereocenters. The molecule has 0 atom stereocenters. The largest absolute Gasteiger partial charge is 0.315 e. The second-order valence-electron chi connectivity index (χ2n) is 4.59. The molecule has 4 heteroatoms. The van der Waals surface area contributed by atoms with Crippen LogP contribution < -0.4 is 5.32 Å². The summed E-state index contributed by atoms with van der Waals surface area (Å²) in [5.41, 5.74) is 0.299. The van der Waals surface area contributed by atoms with E-state index in [0.717, 1.165) is 44.0 Å². The second-order valence-corrected chi connectivity index (χ2v) is 7.21. The van der Waals surface area contributed by atoms with Crippen molar-refractivity contribution in [1.29, 1.82) is 0 Å². The Balaban J connectivity index is 1.99. The van der Waals surface area contributed by atoms with Crippen LogP contribution in [-0.4, -0.2) is 35.3 Å². The van der Waals surface area contributed by atoms with Crippen molar-refractivity contribution < 1.29 is 4.21 Å². The van der Waals surface area contributed by atoms with Gasteiger partial charge < -0.3 is 5.32 Å². The minimum Gasteiger partial charge on any atom is -0.315 e. The van der Waals surface area contributed by atoms with E-state index in [4.69, 9.17) is 0 Å². The van der Waals surface area contributed by atoms with Gasteiger partial charge in [-0.15, -0.1) is 0 Å². The van der Waals surface area contributed by atoms with Crippen LogP contribution in [0.5, 0.6) is 0 Å². The molecule has 0 bridgehead atoms. The molecule has 0 aliphatic carbocycles. The van der Waals surface area contributed by atoms with E-state index in [9.17, 15) is 4.21 Å². The SMILES string of the molecule is CC1(CN=S2(=O)CCCC2)CNC1. The molecule has 0 amide bonds. The van der Waals surface area contributed by atoms with Crippen molar-refractivity contribution >= 4 is 9.73 Å². The van der Waals surface area contributed by atoms with Crippen molar-refractivity contribution in [3.05, 3.63) is 0 Å². The summed E-state index contributed by atoms with van der Waals surface area (Å²) in [6.07, 6.45) is 2.22. The Morgan fingerprint density at radius 2 is 2.00 bits per heavy atom. The zero-order chi connectivity index (χ0) is 9.36. The minimum atomic E-state index is -1.77. The number of nitrogens with one attached hydrogen (secondary N) is 1. The lowest BCUT2D eigenvalue weighted by atomic mass is 9.85. The third kappa shape index (κ3) is 2.05. The standard InChI is InChI=1S/C9H18N2OS/c1-9(6-10-7-9)8-11-13(12)4-2-3-5-13/h10H,2-8H2,1H3. The van der Waals surface area contributed by atoms with E-state index >= 15 is 0 Å². The Kier molecular flexibility index (Phi) is 2.36. The van der Waals surface area contributed by atoms with Gasteiger partial charge in [-0.05, 0) is 12.8 Å². The fourth-order valence-electron chi connectivity index (χ4n) is 1.82. The lowest BCUT2D eigenvalue weighted by Crippen LogP contribution is -2.53. The molecule has 2 aliphatic heterocycles. The van der Waals surface area contributed by atoms with E-state index in [2.05, 4.69) is 16.6 Å². The molecule has 1 N–H and O–H groups in total. The summed E-state index contributed by atoms with van der Waals surface area (Å²) < 4.78 is 16.4. The van der Waals surface area contributed by atoms with Crippen molar-refractivity contribution in [1.82, 2.24) is 5.32 Å². The summed E-state index contributed by atoms with van der Waals surface area (Å²) >= 11 is 0. The molecule has 0 aromatic carbocycles. The number of nitrogens with zero attached hydrogens (tertiary/aromatic N) is 1. The molecule has 2 rings (SSSR count). The van der Waals surface area contributed by atoms with Gasteiger partial charge in [-0.2, -0.15) is 0 Å². The van der Waals surface area contributed by atoms with Gasteiger partial charge >= 0.3 is 0 Å². The molecule has 13 heavy (non-hydrogen) atoms. The van der Waals surface area contributed by atoms with Crippen LogP contribution in [0.15, 0.2) is 4.36 Å². The maximum absolute atomic E-state index is 12.0. The zero-order valence-electron chi connectivity index (χ0n) is 8.21. The first-order valence-electron chi connectivity index (χ1n) is 5.01. The molecular weight excluding hydrogens is 184 g/mol. The highest BCUT2D eigenvalue weighted by atomic mass is 32.2. The highest BCUT2D eigenvalue weighted by molar-refractivity contribution is 7.93. The maximum atomic E-state index is 12.0. The van der Waals surface area contributed by atoms with Crippen LogP contribution in [0, 0.1) is 5.41 Å². The number of rotatable bonds is 2. The van der Waals surface area contributed by atoms with Crippen molar-refractivity contribution in [2.24, 2.45) is 9.78 Å². The van der Waals surface area contributed by atoms with Crippen molar-refractivity contribution in [2.45, 2.75) is 19.8 Å². The van der Waals surface area contributed by atoms with E-state index in [1.54, 1.807) is 0 Å². The molecule has 0 spiro atoms. The Hall–Kier alpha value is -0.0900. The molecular formula is C9H18N2OS. The van der Waals surface area contributed by atoms with Gasteiger partial charge in [0.2, 0.25) is 0 Å². The van der Waals surface area contributed by atoms with Gasteiger partial charge in [0.25, 0.3) is 0 Å². The Labute approximate surface area is 80.5 Å². The van der Waals surface area contributed by atoms with Crippen molar-refractivity contribution in [3.8, 4) is 0 Å². The fraction of sp³-hybridized carbons (Fsp3) is 1.00. The third-order valence-corrected chi connectivity index (χ3v) is 5.41. The van der Waals surface area contributed by atoms with Gasteiger partial charge in [0, 0.05) is 39.7 Å². The molecule has 2 heterocycles. The molecule has 76 valence electrons. The first-order valence-corrected chi connectivity index (χ1v) is 6.86. The molecule has 3 nitrogen and oxygen atoms in total. The maximum Gasteiger partial charge on any atom is 0.0562 e. The van der Waals surface area contributed by atoms with Crippen LogP contribution in [-0.2, 0) is 9.73 Å². The smallest absolute Gasteiger partial charge is 0.0562 e. The van der Waals surface area contributed by atoms with Crippen LogP contribution in [0.4, 0.5) is 0 Å². The number of hydrogen-bond acceptors (Lipinski definition) is 3. The Bertz CT molecular complexity index is 289. The summed E-state index contributed by atoms with van der Waals surface area (Å²) in [5, 5.41) is 3.24. The van der Waals surface area contributed by atoms with Gasteiger partial charge in [-0.3, -0.25) is 0 Å².